The van der Waals surface area contributed by atoms with E-state index >= 15 is 0 Å². The molecule has 2 aliphatic rings. The first-order valence-electron chi connectivity index (χ1n) is 27.5. The van der Waals surface area contributed by atoms with Gasteiger partial charge in [0.25, 0.3) is 0 Å². The molecular weight excluding hydrogens is 997 g/mol. The first kappa shape index (κ1) is 50.5. The van der Waals surface area contributed by atoms with Crippen molar-refractivity contribution in [2.24, 2.45) is 0 Å². The van der Waals surface area contributed by atoms with Gasteiger partial charge in [-0.3, -0.25) is 0 Å². The molecule has 3 nitrogen and oxygen atoms in total. The molecule has 0 saturated heterocycles. The molecule has 0 aliphatic carbocycles. The van der Waals surface area contributed by atoms with E-state index < -0.39 is 0 Å². The molecule has 9 aromatic carbocycles. The fourth-order valence-corrected chi connectivity index (χ4v) is 14.4. The zero-order chi connectivity index (χ0) is 53.8. The van der Waals surface area contributed by atoms with Gasteiger partial charge in [0.05, 0.1) is 0 Å². The van der Waals surface area contributed by atoms with Crippen LogP contribution in [0.1, 0.15) is 105 Å². The minimum atomic E-state index is -0.0142. The zero-order valence-corrected chi connectivity index (χ0v) is 48.7. The number of para-hydroxylation sites is 1. The van der Waals surface area contributed by atoms with Gasteiger partial charge in [0.2, 0.25) is 0 Å². The molecule has 0 spiro atoms. The van der Waals surface area contributed by atoms with Crippen LogP contribution in [0.3, 0.4) is 0 Å². The van der Waals surface area contributed by atoms with Crippen molar-refractivity contribution < 1.29 is 0 Å². The summed E-state index contributed by atoms with van der Waals surface area (Å²) in [6.07, 6.45) is 0. The fourth-order valence-electron chi connectivity index (χ4n) is 11.7. The quantitative estimate of drug-likeness (QED) is 0.147. The van der Waals surface area contributed by atoms with Crippen LogP contribution < -0.4 is 30.0 Å². The Morgan fingerprint density at radius 1 is 0.390 bits per heavy atom. The number of anilines is 9. The van der Waals surface area contributed by atoms with E-state index in [1.807, 2.05) is 0 Å². The Balaban J connectivity index is 1.18. The second-order valence-corrected chi connectivity index (χ2v) is 27.8. The fraction of sp³-hybridized carbons (Fsp3) is 0.222. The Hall–Kier alpha value is -7.30. The van der Waals surface area contributed by atoms with Gasteiger partial charge >= 0.3 is 441 Å². The summed E-state index contributed by atoms with van der Waals surface area (Å²) >= 11 is 0.0460. The molecule has 0 amide bonds. The van der Waals surface area contributed by atoms with Crippen molar-refractivity contribution in [3.05, 3.63) is 229 Å². The predicted octanol–water partition coefficient (Wildman–Crippen LogP) is 18.0. The van der Waals surface area contributed by atoms with Crippen molar-refractivity contribution in [1.29, 1.82) is 0 Å². The van der Waals surface area contributed by atoms with Crippen molar-refractivity contribution in [3.63, 3.8) is 0 Å². The van der Waals surface area contributed by atoms with Crippen LogP contribution in [0.15, 0.2) is 206 Å². The van der Waals surface area contributed by atoms with E-state index in [4.69, 9.17) is 0 Å². The maximum atomic E-state index is 2.66. The third kappa shape index (κ3) is 9.06. The molecule has 0 bridgehead atoms. The van der Waals surface area contributed by atoms with Gasteiger partial charge in [0.15, 0.2) is 0 Å². The van der Waals surface area contributed by atoms with Crippen LogP contribution >= 0.6 is 0 Å². The van der Waals surface area contributed by atoms with E-state index in [1.165, 1.54) is 97.9 Å². The van der Waals surface area contributed by atoms with E-state index in [2.05, 4.69) is 304 Å². The number of rotatable bonds is 7. The Bertz CT molecular complexity index is 3830. The summed E-state index contributed by atoms with van der Waals surface area (Å²) in [4.78, 5) is 7.76. The van der Waals surface area contributed by atoms with E-state index in [9.17, 15) is 0 Å². The molecule has 3 heterocycles. The molecule has 0 unspecified atom stereocenters. The molecule has 0 saturated carbocycles. The van der Waals surface area contributed by atoms with Crippen molar-refractivity contribution >= 4 is 97.3 Å². The number of benzene rings is 9. The number of hydrogen-bond donors (Lipinski definition) is 0. The SMILES string of the molecule is CC(C)(C)c1ccc(N(c2ccc3c(c2)N(c2ccc(C(C)(C)C)cc2)c2cc(-c4ccccc4)cc4c2B3c2[se]c3ccc(C(C)(C)C)cc3c2N4c2ccc(C(C)(C)C)cc2)c2ccccc2-c2ccccc2)cc1. The number of nitrogens with zero attached hydrogens (tertiary/aromatic N) is 3. The number of hydrogen-bond acceptors (Lipinski definition) is 3. The van der Waals surface area contributed by atoms with Gasteiger partial charge in [-0.2, -0.15) is 0 Å². The standard InChI is InChI=1S/C72H70BN3Se/c1-69(2,3)50-27-34-54(35-28-50)74(61-26-20-19-25-58(61)48-23-17-14-18-24-48)57-40-41-60-62(46-57)75(55-36-29-51(30-37-55)70(4,5)6)63-43-49(47-21-15-13-16-22-47)44-64-66(63)73(60)68-67(59-45-53(72(10,11)12)33-42-65(59)77-68)76(64)56-38-31-52(32-39-56)71(7,8)9/h13-46H,1-12H3. The molecule has 382 valence electrons. The zero-order valence-electron chi connectivity index (χ0n) is 47.0. The van der Waals surface area contributed by atoms with Gasteiger partial charge in [-0.05, 0) is 0 Å². The molecule has 5 heteroatoms. The molecule has 2 aliphatic heterocycles. The summed E-state index contributed by atoms with van der Waals surface area (Å²) in [5.74, 6) is 0. The minimum absolute atomic E-state index is 0.00347. The monoisotopic (exact) mass is 1070 g/mol. The molecule has 0 fully saturated rings. The third-order valence-electron chi connectivity index (χ3n) is 16.1. The van der Waals surface area contributed by atoms with Gasteiger partial charge in [-0.1, -0.05) is 26.8 Å². The first-order valence-corrected chi connectivity index (χ1v) is 29.2. The molecule has 0 N–H and O–H groups in total. The summed E-state index contributed by atoms with van der Waals surface area (Å²) in [6, 6.07) is 78.8. The van der Waals surface area contributed by atoms with E-state index in [-0.39, 0.29) is 42.9 Å². The summed E-state index contributed by atoms with van der Waals surface area (Å²) < 4.78 is 2.96. The number of fused-ring (bicyclic) bond motifs is 6. The molecule has 0 atom stereocenters. The van der Waals surface area contributed by atoms with Crippen molar-refractivity contribution in [3.8, 4) is 22.3 Å². The second kappa shape index (κ2) is 18.7. The Morgan fingerprint density at radius 3 is 1.44 bits per heavy atom. The predicted molar refractivity (Wildman–Crippen MR) is 335 cm³/mol. The van der Waals surface area contributed by atoms with Gasteiger partial charge in [0, 0.05) is 0 Å². The van der Waals surface area contributed by atoms with Crippen LogP contribution in [-0.4, -0.2) is 21.2 Å². The molecule has 10 aromatic rings. The molecular formula is C72H70BN3Se. The van der Waals surface area contributed by atoms with Crippen LogP contribution in [0.5, 0.6) is 0 Å². The van der Waals surface area contributed by atoms with E-state index in [1.54, 1.807) is 0 Å². The van der Waals surface area contributed by atoms with E-state index in [0.29, 0.717) is 0 Å². The second-order valence-electron chi connectivity index (χ2n) is 25.5. The molecule has 12 rings (SSSR count). The third-order valence-corrected chi connectivity index (χ3v) is 18.7. The van der Waals surface area contributed by atoms with Crippen LogP contribution in [0, 0.1) is 0 Å². The van der Waals surface area contributed by atoms with Gasteiger partial charge < -0.3 is 0 Å². The van der Waals surface area contributed by atoms with Crippen molar-refractivity contribution in [2.45, 2.75) is 105 Å². The Kier molecular flexibility index (Phi) is 12.3. The topological polar surface area (TPSA) is 9.72 Å². The summed E-state index contributed by atoms with van der Waals surface area (Å²) in [5.41, 5.74) is 23.5. The van der Waals surface area contributed by atoms with Crippen LogP contribution in [0.2, 0.25) is 0 Å². The molecule has 1 aromatic heterocycles. The summed E-state index contributed by atoms with van der Waals surface area (Å²) in [6.45, 7) is 27.8. The van der Waals surface area contributed by atoms with Crippen LogP contribution in [-0.2, 0) is 21.7 Å². The van der Waals surface area contributed by atoms with Gasteiger partial charge in [0.1, 0.15) is 0 Å². The average Bonchev–Trinajstić information content (AvgIpc) is 4.00. The Morgan fingerprint density at radius 2 is 0.870 bits per heavy atom. The summed E-state index contributed by atoms with van der Waals surface area (Å²) in [5, 5.41) is 1.37. The normalized spacial score (nSPS) is 13.4. The van der Waals surface area contributed by atoms with Crippen LogP contribution in [0.25, 0.3) is 31.9 Å². The average molecular weight is 1070 g/mol. The Labute approximate surface area is 464 Å². The van der Waals surface area contributed by atoms with Crippen LogP contribution in [0.4, 0.5) is 51.2 Å². The van der Waals surface area contributed by atoms with Crippen molar-refractivity contribution in [1.82, 2.24) is 0 Å². The molecule has 0 radical (unpaired) electrons. The maximum absolute atomic E-state index is 2.66. The van der Waals surface area contributed by atoms with Gasteiger partial charge in [-0.15, -0.1) is 0 Å². The summed E-state index contributed by atoms with van der Waals surface area (Å²) in [7, 11) is 0. The van der Waals surface area contributed by atoms with E-state index in [0.717, 1.165) is 22.7 Å². The molecule has 77 heavy (non-hydrogen) atoms. The first-order chi connectivity index (χ1) is 36.7. The van der Waals surface area contributed by atoms with Crippen molar-refractivity contribution in [2.75, 3.05) is 14.7 Å². The van der Waals surface area contributed by atoms with Gasteiger partial charge in [-0.25, -0.2) is 0 Å².